The number of benzene rings is 1. The maximum Gasteiger partial charge on any atom is 0.326 e. The summed E-state index contributed by atoms with van der Waals surface area (Å²) in [5.74, 6) is -4.36. The Kier molecular flexibility index (Phi) is 20.1. The van der Waals surface area contributed by atoms with Crippen LogP contribution < -0.4 is 32.3 Å². The number of carbonyl (C=O) groups is 6. The Hall–Kier alpha value is -4.00. The molecule has 2 unspecified atom stereocenters. The van der Waals surface area contributed by atoms with Crippen LogP contribution in [0.4, 0.5) is 0 Å². The average molecular weight is 717 g/mol. The molecule has 0 fully saturated rings. The van der Waals surface area contributed by atoms with Crippen LogP contribution in [0.25, 0.3) is 0 Å². The Morgan fingerprint density at radius 3 is 1.78 bits per heavy atom. The van der Waals surface area contributed by atoms with Gasteiger partial charge in [-0.15, -0.1) is 0 Å². The van der Waals surface area contributed by atoms with Crippen molar-refractivity contribution in [3.63, 3.8) is 0 Å². The summed E-state index contributed by atoms with van der Waals surface area (Å²) in [5.41, 5.74) is 7.48. The van der Waals surface area contributed by atoms with E-state index in [-0.39, 0.29) is 42.4 Å². The van der Waals surface area contributed by atoms with Crippen molar-refractivity contribution in [3.8, 4) is 0 Å². The Bertz CT molecular complexity index is 1270. The molecule has 13 heteroatoms. The number of amides is 5. The second-order valence-electron chi connectivity index (χ2n) is 14.8. The third kappa shape index (κ3) is 16.3. The fourth-order valence-electron chi connectivity index (χ4n) is 5.59. The molecule has 8 N–H and O–H groups in total. The molecule has 13 nitrogen and oxygen atoms in total. The second kappa shape index (κ2) is 22.7. The third-order valence-corrected chi connectivity index (χ3v) is 8.97. The van der Waals surface area contributed by atoms with Gasteiger partial charge in [0.05, 0.1) is 0 Å². The highest BCUT2D eigenvalue weighted by Gasteiger charge is 2.34. The molecule has 7 atom stereocenters. The number of carboxylic acids is 1. The molecule has 0 spiro atoms. The predicted octanol–water partition coefficient (Wildman–Crippen LogP) is 3.05. The highest BCUT2D eigenvalue weighted by Crippen LogP contribution is 2.14. The fourth-order valence-corrected chi connectivity index (χ4v) is 5.59. The molecule has 0 aliphatic carbocycles. The first-order valence-electron chi connectivity index (χ1n) is 18.4. The zero-order valence-electron chi connectivity index (χ0n) is 32.1. The van der Waals surface area contributed by atoms with Crippen LogP contribution in [0.5, 0.6) is 0 Å². The van der Waals surface area contributed by atoms with Crippen LogP contribution in [-0.2, 0) is 35.2 Å². The molecule has 5 amide bonds. The van der Waals surface area contributed by atoms with Gasteiger partial charge < -0.3 is 37.4 Å². The third-order valence-electron chi connectivity index (χ3n) is 8.97. The minimum atomic E-state index is -1.17. The smallest absolute Gasteiger partial charge is 0.326 e. The van der Waals surface area contributed by atoms with Gasteiger partial charge in [-0.3, -0.25) is 24.0 Å². The quantitative estimate of drug-likeness (QED) is 0.0893. The minimum Gasteiger partial charge on any atom is -0.480 e. The van der Waals surface area contributed by atoms with Crippen LogP contribution in [0.3, 0.4) is 0 Å². The van der Waals surface area contributed by atoms with Crippen molar-refractivity contribution < 1.29 is 33.9 Å². The van der Waals surface area contributed by atoms with E-state index in [1.165, 1.54) is 0 Å². The maximum atomic E-state index is 13.9. The molecule has 1 aromatic rings. The number of unbranched alkanes of at least 4 members (excludes halogenated alkanes) is 1. The van der Waals surface area contributed by atoms with Gasteiger partial charge in [-0.05, 0) is 48.5 Å². The molecular weight excluding hydrogens is 652 g/mol. The standard InChI is InChI=1S/C38H64N6O7/c1-10-12-18-30(45)40-29(19-22(3)4)35(47)43-32(23(5)6)36(48)41-28(20-26-16-14-13-15-17-26)27(39)21-31(46)42-34(25(9)11-2)37(49)44-33(24(7)8)38(50)51/h13-17,22-25,27-29,32-34H,10-12,18-21,39H2,1-9H3,(H,40,45)(H,41,48)(H,42,46)(H,43,47)(H,44,49)(H,50,51)/t25-,27-,28-,29-,32?,33?,34-/m0/s1. The summed E-state index contributed by atoms with van der Waals surface area (Å²) in [6, 6.07) is 3.79. The molecule has 0 bridgehead atoms. The molecule has 0 saturated carbocycles. The van der Waals surface area contributed by atoms with Gasteiger partial charge in [-0.25, -0.2) is 4.79 Å². The molecule has 1 aromatic carbocycles. The van der Waals surface area contributed by atoms with Crippen molar-refractivity contribution in [1.29, 1.82) is 0 Å². The number of hydrogen-bond acceptors (Lipinski definition) is 7. The lowest BCUT2D eigenvalue weighted by molar-refractivity contribution is -0.143. The van der Waals surface area contributed by atoms with Crippen molar-refractivity contribution >= 4 is 35.5 Å². The van der Waals surface area contributed by atoms with Gasteiger partial charge in [0.1, 0.15) is 24.2 Å². The Morgan fingerprint density at radius 2 is 1.27 bits per heavy atom. The van der Waals surface area contributed by atoms with E-state index < -0.39 is 65.8 Å². The summed E-state index contributed by atoms with van der Waals surface area (Å²) in [6.07, 6.45) is 2.83. The van der Waals surface area contributed by atoms with Gasteiger partial charge >= 0.3 is 5.97 Å². The SMILES string of the molecule is CCCCC(=O)N[C@@H](CC(C)C)C(=O)NC(C(=O)N[C@@H](Cc1ccccc1)[C@@H](N)CC(=O)N[C@H](C(=O)NC(C(=O)O)C(C)C)[C@@H](C)CC)C(C)C. The van der Waals surface area contributed by atoms with Gasteiger partial charge in [-0.1, -0.05) is 105 Å². The minimum absolute atomic E-state index is 0.109. The molecule has 288 valence electrons. The zero-order valence-corrected chi connectivity index (χ0v) is 32.1. The van der Waals surface area contributed by atoms with E-state index in [9.17, 15) is 33.9 Å². The summed E-state index contributed by atoms with van der Waals surface area (Å²) in [6.45, 7) is 16.5. The Balaban J connectivity index is 3.23. The van der Waals surface area contributed by atoms with Crippen LogP contribution in [-0.4, -0.2) is 76.9 Å². The van der Waals surface area contributed by atoms with Crippen LogP contribution in [0, 0.1) is 23.7 Å². The van der Waals surface area contributed by atoms with Crippen molar-refractivity contribution in [2.45, 2.75) is 144 Å². The van der Waals surface area contributed by atoms with Crippen LogP contribution >= 0.6 is 0 Å². The van der Waals surface area contributed by atoms with Gasteiger partial charge in [0.15, 0.2) is 0 Å². The lowest BCUT2D eigenvalue weighted by Gasteiger charge is -2.31. The van der Waals surface area contributed by atoms with Gasteiger partial charge in [0.2, 0.25) is 29.5 Å². The van der Waals surface area contributed by atoms with Gasteiger partial charge in [-0.2, -0.15) is 0 Å². The Labute approximate surface area is 304 Å². The number of nitrogens with two attached hydrogens (primary N) is 1. The number of nitrogens with one attached hydrogen (secondary N) is 5. The summed E-state index contributed by atoms with van der Waals surface area (Å²) in [5, 5.41) is 23.5. The van der Waals surface area contributed by atoms with Crippen LogP contribution in [0.15, 0.2) is 30.3 Å². The fraction of sp³-hybridized carbons (Fsp3) is 0.684. The van der Waals surface area contributed by atoms with Crippen LogP contribution in [0.1, 0.15) is 106 Å². The molecule has 0 saturated heterocycles. The van der Waals surface area contributed by atoms with E-state index in [0.717, 1.165) is 12.0 Å². The van der Waals surface area contributed by atoms with Crippen molar-refractivity contribution in [3.05, 3.63) is 35.9 Å². The van der Waals surface area contributed by atoms with Crippen LogP contribution in [0.2, 0.25) is 0 Å². The molecule has 0 heterocycles. The second-order valence-corrected chi connectivity index (χ2v) is 14.8. The monoisotopic (exact) mass is 716 g/mol. The summed E-state index contributed by atoms with van der Waals surface area (Å²) >= 11 is 0. The van der Waals surface area contributed by atoms with E-state index in [2.05, 4.69) is 26.6 Å². The molecular formula is C38H64N6O7. The molecule has 0 aromatic heterocycles. The van der Waals surface area contributed by atoms with Gasteiger partial charge in [0.25, 0.3) is 0 Å². The zero-order chi connectivity index (χ0) is 38.8. The first kappa shape index (κ1) is 45.0. The highest BCUT2D eigenvalue weighted by molar-refractivity contribution is 5.93. The molecule has 0 radical (unpaired) electrons. The number of rotatable bonds is 23. The first-order valence-corrected chi connectivity index (χ1v) is 18.4. The molecule has 0 aliphatic heterocycles. The van der Waals surface area contributed by atoms with Crippen molar-refractivity contribution in [2.24, 2.45) is 29.4 Å². The largest absolute Gasteiger partial charge is 0.480 e. The molecule has 51 heavy (non-hydrogen) atoms. The Morgan fingerprint density at radius 1 is 0.706 bits per heavy atom. The molecule has 0 aliphatic rings. The lowest BCUT2D eigenvalue weighted by Crippen LogP contribution is -2.60. The van der Waals surface area contributed by atoms with E-state index in [4.69, 9.17) is 5.73 Å². The van der Waals surface area contributed by atoms with E-state index in [0.29, 0.717) is 25.7 Å². The summed E-state index contributed by atoms with van der Waals surface area (Å²) < 4.78 is 0. The molecule has 1 rings (SSSR count). The predicted molar refractivity (Wildman–Crippen MR) is 198 cm³/mol. The topological polar surface area (TPSA) is 209 Å². The highest BCUT2D eigenvalue weighted by atomic mass is 16.4. The van der Waals surface area contributed by atoms with E-state index in [1.54, 1.807) is 34.6 Å². The number of carbonyl (C=O) groups excluding carboxylic acids is 5. The van der Waals surface area contributed by atoms with E-state index in [1.807, 2.05) is 58.0 Å². The number of hydrogen-bond donors (Lipinski definition) is 7. The number of carboxylic acid groups (broad SMARTS) is 1. The number of aliphatic carboxylic acids is 1. The van der Waals surface area contributed by atoms with Crippen molar-refractivity contribution in [2.75, 3.05) is 0 Å². The average Bonchev–Trinajstić information content (AvgIpc) is 3.05. The lowest BCUT2D eigenvalue weighted by atomic mass is 9.94. The maximum absolute atomic E-state index is 13.9. The first-order chi connectivity index (χ1) is 23.9. The summed E-state index contributed by atoms with van der Waals surface area (Å²) in [4.78, 5) is 78.2. The van der Waals surface area contributed by atoms with E-state index >= 15 is 0 Å². The normalized spacial score (nSPS) is 15.5. The van der Waals surface area contributed by atoms with Gasteiger partial charge in [0, 0.05) is 24.9 Å². The summed E-state index contributed by atoms with van der Waals surface area (Å²) in [7, 11) is 0. The van der Waals surface area contributed by atoms with Crippen molar-refractivity contribution in [1.82, 2.24) is 26.6 Å².